The van der Waals surface area contributed by atoms with Gasteiger partial charge < -0.3 is 10.0 Å². The van der Waals surface area contributed by atoms with E-state index in [1.165, 1.54) is 0 Å². The minimum atomic E-state index is -0.714. The molecule has 0 aromatic heterocycles. The van der Waals surface area contributed by atoms with E-state index < -0.39 is 5.97 Å². The number of hydrogen-bond acceptors (Lipinski definition) is 3. The monoisotopic (exact) mass is 230 g/mol. The van der Waals surface area contributed by atoms with Gasteiger partial charge in [0.15, 0.2) is 0 Å². The Balaban J connectivity index is 3.97. The molecule has 0 bridgehead atoms. The highest BCUT2D eigenvalue weighted by atomic mass is 16.4. The van der Waals surface area contributed by atoms with E-state index in [4.69, 9.17) is 5.11 Å². The second-order valence-corrected chi connectivity index (χ2v) is 4.30. The molecule has 0 saturated heterocycles. The minimum absolute atomic E-state index is 0.233. The zero-order valence-corrected chi connectivity index (χ0v) is 11.1. The van der Waals surface area contributed by atoms with Gasteiger partial charge in [-0.3, -0.25) is 9.69 Å². The van der Waals surface area contributed by atoms with E-state index in [0.29, 0.717) is 12.6 Å². The van der Waals surface area contributed by atoms with Gasteiger partial charge in [-0.05, 0) is 26.9 Å². The molecule has 0 radical (unpaired) electrons. The first-order valence-corrected chi connectivity index (χ1v) is 6.19. The molecule has 0 heterocycles. The fourth-order valence-corrected chi connectivity index (χ4v) is 1.68. The van der Waals surface area contributed by atoms with Crippen LogP contribution in [0.2, 0.25) is 0 Å². The minimum Gasteiger partial charge on any atom is -0.481 e. The Morgan fingerprint density at radius 3 is 2.06 bits per heavy atom. The first-order chi connectivity index (χ1) is 7.51. The van der Waals surface area contributed by atoms with Crippen LogP contribution in [-0.2, 0) is 4.79 Å². The summed E-state index contributed by atoms with van der Waals surface area (Å²) in [6.45, 7) is 13.3. The third kappa shape index (κ3) is 6.80. The molecule has 0 aromatic carbocycles. The predicted octanol–water partition coefficient (Wildman–Crippen LogP) is 1.51. The fraction of sp³-hybridized carbons (Fsp3) is 0.917. The lowest BCUT2D eigenvalue weighted by Crippen LogP contribution is -2.39. The van der Waals surface area contributed by atoms with E-state index >= 15 is 0 Å². The van der Waals surface area contributed by atoms with Gasteiger partial charge in [-0.25, -0.2) is 0 Å². The van der Waals surface area contributed by atoms with Crippen LogP contribution in [0.3, 0.4) is 0 Å². The van der Waals surface area contributed by atoms with Gasteiger partial charge in [-0.1, -0.05) is 13.8 Å². The summed E-state index contributed by atoms with van der Waals surface area (Å²) >= 11 is 0. The molecule has 0 aliphatic carbocycles. The molecule has 0 aromatic rings. The van der Waals surface area contributed by atoms with Gasteiger partial charge in [-0.2, -0.15) is 0 Å². The first kappa shape index (κ1) is 15.4. The van der Waals surface area contributed by atoms with Crippen molar-refractivity contribution < 1.29 is 9.90 Å². The molecule has 16 heavy (non-hydrogen) atoms. The van der Waals surface area contributed by atoms with Crippen LogP contribution in [0.5, 0.6) is 0 Å². The number of rotatable bonds is 9. The molecule has 0 aliphatic heterocycles. The molecule has 0 aliphatic rings. The number of aliphatic carboxylic acids is 1. The van der Waals surface area contributed by atoms with Crippen LogP contribution in [0.4, 0.5) is 0 Å². The Labute approximate surface area is 99.2 Å². The quantitative estimate of drug-likeness (QED) is 0.652. The van der Waals surface area contributed by atoms with Gasteiger partial charge in [0.25, 0.3) is 0 Å². The predicted molar refractivity (Wildman–Crippen MR) is 66.7 cm³/mol. The van der Waals surface area contributed by atoms with Crippen molar-refractivity contribution in [1.29, 1.82) is 0 Å². The topological polar surface area (TPSA) is 43.8 Å². The smallest absolute Gasteiger partial charge is 0.304 e. The van der Waals surface area contributed by atoms with Crippen LogP contribution in [0, 0.1) is 0 Å². The summed E-state index contributed by atoms with van der Waals surface area (Å²) in [5.41, 5.74) is 0. The molecule has 4 heteroatoms. The van der Waals surface area contributed by atoms with E-state index in [1.54, 1.807) is 0 Å². The molecule has 0 atom stereocenters. The van der Waals surface area contributed by atoms with Crippen LogP contribution in [0.15, 0.2) is 0 Å². The van der Waals surface area contributed by atoms with Crippen LogP contribution in [0.25, 0.3) is 0 Å². The average molecular weight is 230 g/mol. The summed E-state index contributed by atoms with van der Waals surface area (Å²) in [4.78, 5) is 15.1. The molecular formula is C12H26N2O2. The van der Waals surface area contributed by atoms with E-state index in [2.05, 4.69) is 37.5 Å². The van der Waals surface area contributed by atoms with Crippen LogP contribution >= 0.6 is 0 Å². The summed E-state index contributed by atoms with van der Waals surface area (Å²) in [6, 6.07) is 0.412. The lowest BCUT2D eigenvalue weighted by molar-refractivity contribution is -0.137. The fourth-order valence-electron chi connectivity index (χ4n) is 1.68. The summed E-state index contributed by atoms with van der Waals surface area (Å²) in [5.74, 6) is -0.714. The van der Waals surface area contributed by atoms with Crippen molar-refractivity contribution >= 4 is 5.97 Å². The molecule has 0 unspecified atom stereocenters. The Hall–Kier alpha value is -0.610. The zero-order chi connectivity index (χ0) is 12.6. The molecular weight excluding hydrogens is 204 g/mol. The van der Waals surface area contributed by atoms with E-state index in [0.717, 1.165) is 26.2 Å². The van der Waals surface area contributed by atoms with Crippen molar-refractivity contribution in [3.05, 3.63) is 0 Å². The van der Waals surface area contributed by atoms with Gasteiger partial charge in [0.1, 0.15) is 0 Å². The maximum absolute atomic E-state index is 10.5. The number of nitrogens with zero attached hydrogens (tertiary/aromatic N) is 2. The summed E-state index contributed by atoms with van der Waals surface area (Å²) in [6.07, 6.45) is 0.233. The van der Waals surface area contributed by atoms with E-state index in [1.807, 2.05) is 0 Å². The molecule has 1 N–H and O–H groups in total. The van der Waals surface area contributed by atoms with Crippen molar-refractivity contribution in [3.8, 4) is 0 Å². The van der Waals surface area contributed by atoms with Crippen LogP contribution in [-0.4, -0.2) is 59.6 Å². The highest BCUT2D eigenvalue weighted by Crippen LogP contribution is 2.00. The third-order valence-electron chi connectivity index (χ3n) is 2.94. The van der Waals surface area contributed by atoms with Crippen molar-refractivity contribution in [1.82, 2.24) is 9.80 Å². The molecule has 0 rings (SSSR count). The van der Waals surface area contributed by atoms with Crippen LogP contribution < -0.4 is 0 Å². The van der Waals surface area contributed by atoms with Gasteiger partial charge in [-0.15, -0.1) is 0 Å². The third-order valence-corrected chi connectivity index (χ3v) is 2.94. The molecule has 0 spiro atoms. The highest BCUT2D eigenvalue weighted by molar-refractivity contribution is 5.66. The molecule has 4 nitrogen and oxygen atoms in total. The summed E-state index contributed by atoms with van der Waals surface area (Å²) in [5, 5.41) is 8.68. The Bertz CT molecular complexity index is 191. The maximum Gasteiger partial charge on any atom is 0.304 e. The molecule has 96 valence electrons. The SMILES string of the molecule is CCN(CC)CCN(CCC(=O)O)C(C)C. The zero-order valence-electron chi connectivity index (χ0n) is 11.1. The van der Waals surface area contributed by atoms with Gasteiger partial charge >= 0.3 is 5.97 Å². The number of carboxylic acid groups (broad SMARTS) is 1. The van der Waals surface area contributed by atoms with Crippen molar-refractivity contribution in [2.75, 3.05) is 32.7 Å². The van der Waals surface area contributed by atoms with Gasteiger partial charge in [0, 0.05) is 25.7 Å². The standard InChI is InChI=1S/C12H26N2O2/c1-5-13(6-2)9-10-14(11(3)4)8-7-12(15)16/h11H,5-10H2,1-4H3,(H,15,16). The lowest BCUT2D eigenvalue weighted by Gasteiger charge is -2.28. The molecule has 0 amide bonds. The average Bonchev–Trinajstić information content (AvgIpc) is 2.22. The normalized spacial score (nSPS) is 11.7. The Morgan fingerprint density at radius 2 is 1.69 bits per heavy atom. The summed E-state index contributed by atoms with van der Waals surface area (Å²) in [7, 11) is 0. The summed E-state index contributed by atoms with van der Waals surface area (Å²) < 4.78 is 0. The number of hydrogen-bond donors (Lipinski definition) is 1. The lowest BCUT2D eigenvalue weighted by atomic mass is 10.2. The highest BCUT2D eigenvalue weighted by Gasteiger charge is 2.12. The molecule has 0 fully saturated rings. The number of carboxylic acids is 1. The van der Waals surface area contributed by atoms with E-state index in [9.17, 15) is 4.79 Å². The van der Waals surface area contributed by atoms with Gasteiger partial charge in [0.2, 0.25) is 0 Å². The van der Waals surface area contributed by atoms with Crippen molar-refractivity contribution in [2.24, 2.45) is 0 Å². The first-order valence-electron chi connectivity index (χ1n) is 6.19. The van der Waals surface area contributed by atoms with E-state index in [-0.39, 0.29) is 6.42 Å². The molecule has 0 saturated carbocycles. The number of likely N-dealkylation sites (N-methyl/N-ethyl adjacent to an activating group) is 1. The largest absolute Gasteiger partial charge is 0.481 e. The second-order valence-electron chi connectivity index (χ2n) is 4.30. The Morgan fingerprint density at radius 1 is 1.12 bits per heavy atom. The number of carbonyl (C=O) groups is 1. The van der Waals surface area contributed by atoms with Gasteiger partial charge in [0.05, 0.1) is 6.42 Å². The second kappa shape index (κ2) is 8.53. The Kier molecular flexibility index (Phi) is 8.21. The van der Waals surface area contributed by atoms with Crippen molar-refractivity contribution in [3.63, 3.8) is 0 Å². The van der Waals surface area contributed by atoms with Crippen LogP contribution in [0.1, 0.15) is 34.1 Å². The maximum atomic E-state index is 10.5. The van der Waals surface area contributed by atoms with Crippen molar-refractivity contribution in [2.45, 2.75) is 40.2 Å².